The minimum absolute atomic E-state index is 0.0379. The second-order valence-corrected chi connectivity index (χ2v) is 6.83. The highest BCUT2D eigenvalue weighted by molar-refractivity contribution is 5.96. The zero-order chi connectivity index (χ0) is 17.5. The van der Waals surface area contributed by atoms with Gasteiger partial charge in [-0.05, 0) is 39.2 Å². The largest absolute Gasteiger partial charge is 0.444 e. The van der Waals surface area contributed by atoms with Gasteiger partial charge in [0, 0.05) is 18.0 Å². The van der Waals surface area contributed by atoms with Crippen LogP contribution in [0.15, 0.2) is 24.3 Å². The number of benzene rings is 1. The number of aryl methyl sites for hydroxylation is 1. The summed E-state index contributed by atoms with van der Waals surface area (Å²) >= 11 is 0. The predicted octanol–water partition coefficient (Wildman–Crippen LogP) is 4.52. The average Bonchev–Trinajstić information content (AvgIpc) is 2.45. The molecule has 0 radical (unpaired) electrons. The first-order valence-corrected chi connectivity index (χ1v) is 8.36. The molecule has 0 fully saturated rings. The molecule has 0 aromatic heterocycles. The fourth-order valence-corrected chi connectivity index (χ4v) is 2.26. The standard InChI is InChI=1S/C19H29NO3/c1-6-8-14-9-11-15(12-10-14)17(21)13-16(7-2)20-18(22)23-19(3,4)5/h9-12,16H,6-8,13H2,1-5H3,(H,20,22). The Labute approximate surface area is 139 Å². The first-order chi connectivity index (χ1) is 10.7. The maximum atomic E-state index is 12.4. The van der Waals surface area contributed by atoms with E-state index >= 15 is 0 Å². The van der Waals surface area contributed by atoms with Gasteiger partial charge in [0.15, 0.2) is 5.78 Å². The minimum Gasteiger partial charge on any atom is -0.444 e. The van der Waals surface area contributed by atoms with Crippen LogP contribution in [0.3, 0.4) is 0 Å². The lowest BCUT2D eigenvalue weighted by Gasteiger charge is -2.22. The molecule has 4 heteroatoms. The number of ether oxygens (including phenoxy) is 1. The van der Waals surface area contributed by atoms with Gasteiger partial charge in [0.25, 0.3) is 0 Å². The summed E-state index contributed by atoms with van der Waals surface area (Å²) in [6, 6.07) is 7.52. The zero-order valence-electron chi connectivity index (χ0n) is 14.9. The maximum absolute atomic E-state index is 12.4. The third-order valence-corrected chi connectivity index (χ3v) is 3.46. The lowest BCUT2D eigenvalue weighted by Crippen LogP contribution is -2.39. The molecule has 0 spiro atoms. The number of nitrogens with one attached hydrogen (secondary N) is 1. The number of hydrogen-bond donors (Lipinski definition) is 1. The molecular formula is C19H29NO3. The summed E-state index contributed by atoms with van der Waals surface area (Å²) in [5.41, 5.74) is 1.39. The molecule has 0 aliphatic heterocycles. The third-order valence-electron chi connectivity index (χ3n) is 3.46. The fourth-order valence-electron chi connectivity index (χ4n) is 2.26. The Bertz CT molecular complexity index is 514. The summed E-state index contributed by atoms with van der Waals surface area (Å²) in [4.78, 5) is 24.2. The number of hydrogen-bond acceptors (Lipinski definition) is 3. The van der Waals surface area contributed by atoms with Crippen molar-refractivity contribution in [3.63, 3.8) is 0 Å². The lowest BCUT2D eigenvalue weighted by atomic mass is 10.00. The highest BCUT2D eigenvalue weighted by Gasteiger charge is 2.20. The van der Waals surface area contributed by atoms with Crippen molar-refractivity contribution >= 4 is 11.9 Å². The molecule has 23 heavy (non-hydrogen) atoms. The molecule has 1 amide bonds. The van der Waals surface area contributed by atoms with E-state index in [-0.39, 0.29) is 18.2 Å². The molecule has 1 aromatic carbocycles. The van der Waals surface area contributed by atoms with Crippen LogP contribution in [0.4, 0.5) is 4.79 Å². The summed E-state index contributed by atoms with van der Waals surface area (Å²) in [5, 5.41) is 2.77. The molecule has 0 aliphatic rings. The van der Waals surface area contributed by atoms with Crippen LogP contribution in [0.5, 0.6) is 0 Å². The highest BCUT2D eigenvalue weighted by atomic mass is 16.6. The molecule has 0 bridgehead atoms. The summed E-state index contributed by atoms with van der Waals surface area (Å²) in [5.74, 6) is 0.0379. The van der Waals surface area contributed by atoms with E-state index in [1.807, 2.05) is 52.0 Å². The molecule has 1 unspecified atom stereocenters. The van der Waals surface area contributed by atoms with Crippen LogP contribution in [0.2, 0.25) is 0 Å². The van der Waals surface area contributed by atoms with E-state index in [9.17, 15) is 9.59 Å². The van der Waals surface area contributed by atoms with Gasteiger partial charge in [0.1, 0.15) is 5.60 Å². The molecule has 0 saturated carbocycles. The quantitative estimate of drug-likeness (QED) is 0.752. The van der Waals surface area contributed by atoms with Gasteiger partial charge in [-0.15, -0.1) is 0 Å². The normalized spacial score (nSPS) is 12.6. The van der Waals surface area contributed by atoms with E-state index in [4.69, 9.17) is 4.74 Å². The lowest BCUT2D eigenvalue weighted by molar-refractivity contribution is 0.0500. The fraction of sp³-hybridized carbons (Fsp3) is 0.579. The van der Waals surface area contributed by atoms with Crippen molar-refractivity contribution < 1.29 is 14.3 Å². The van der Waals surface area contributed by atoms with Gasteiger partial charge in [-0.3, -0.25) is 4.79 Å². The molecule has 1 aromatic rings. The average molecular weight is 319 g/mol. The number of carbonyl (C=O) groups excluding carboxylic acids is 2. The van der Waals surface area contributed by atoms with Crippen molar-refractivity contribution in [1.82, 2.24) is 5.32 Å². The Hall–Kier alpha value is -1.84. The Morgan fingerprint density at radius 3 is 2.22 bits per heavy atom. The van der Waals surface area contributed by atoms with Gasteiger partial charge in [-0.25, -0.2) is 4.79 Å². The summed E-state index contributed by atoms with van der Waals surface area (Å²) in [7, 11) is 0. The number of amides is 1. The Balaban J connectivity index is 2.60. The van der Waals surface area contributed by atoms with Crippen LogP contribution >= 0.6 is 0 Å². The van der Waals surface area contributed by atoms with Crippen molar-refractivity contribution in [2.24, 2.45) is 0 Å². The van der Waals surface area contributed by atoms with Gasteiger partial charge < -0.3 is 10.1 Å². The van der Waals surface area contributed by atoms with Crippen LogP contribution in [0.25, 0.3) is 0 Å². The van der Waals surface area contributed by atoms with Crippen LogP contribution in [-0.2, 0) is 11.2 Å². The molecule has 0 heterocycles. The van der Waals surface area contributed by atoms with Gasteiger partial charge in [-0.2, -0.15) is 0 Å². The van der Waals surface area contributed by atoms with Crippen molar-refractivity contribution in [3.8, 4) is 0 Å². The number of carbonyl (C=O) groups is 2. The van der Waals surface area contributed by atoms with E-state index in [0.717, 1.165) is 12.8 Å². The smallest absolute Gasteiger partial charge is 0.407 e. The van der Waals surface area contributed by atoms with Crippen LogP contribution in [0, 0.1) is 0 Å². The van der Waals surface area contributed by atoms with E-state index in [1.165, 1.54) is 5.56 Å². The van der Waals surface area contributed by atoms with Gasteiger partial charge in [-0.1, -0.05) is 44.5 Å². The van der Waals surface area contributed by atoms with E-state index in [2.05, 4.69) is 12.2 Å². The number of ketones is 1. The molecular weight excluding hydrogens is 290 g/mol. The maximum Gasteiger partial charge on any atom is 0.407 e. The van der Waals surface area contributed by atoms with E-state index in [0.29, 0.717) is 12.0 Å². The van der Waals surface area contributed by atoms with E-state index < -0.39 is 11.7 Å². The molecule has 4 nitrogen and oxygen atoms in total. The van der Waals surface area contributed by atoms with Gasteiger partial charge >= 0.3 is 6.09 Å². The van der Waals surface area contributed by atoms with Crippen molar-refractivity contribution in [1.29, 1.82) is 0 Å². The van der Waals surface area contributed by atoms with Crippen LogP contribution in [0.1, 0.15) is 69.8 Å². The molecule has 1 atom stereocenters. The second kappa shape index (κ2) is 8.70. The molecule has 1 rings (SSSR count). The topological polar surface area (TPSA) is 55.4 Å². The summed E-state index contributed by atoms with van der Waals surface area (Å²) in [6.45, 7) is 9.52. The Morgan fingerprint density at radius 2 is 1.74 bits per heavy atom. The minimum atomic E-state index is -0.540. The monoisotopic (exact) mass is 319 g/mol. The Morgan fingerprint density at radius 1 is 1.13 bits per heavy atom. The molecule has 1 N–H and O–H groups in total. The van der Waals surface area contributed by atoms with Crippen LogP contribution < -0.4 is 5.32 Å². The molecule has 128 valence electrons. The van der Waals surface area contributed by atoms with Crippen molar-refractivity contribution in [3.05, 3.63) is 35.4 Å². The number of rotatable bonds is 7. The first-order valence-electron chi connectivity index (χ1n) is 8.36. The van der Waals surface area contributed by atoms with Gasteiger partial charge in [0.2, 0.25) is 0 Å². The van der Waals surface area contributed by atoms with Crippen molar-refractivity contribution in [2.45, 2.75) is 71.9 Å². The van der Waals surface area contributed by atoms with Gasteiger partial charge in [0.05, 0.1) is 0 Å². The van der Waals surface area contributed by atoms with E-state index in [1.54, 1.807) is 0 Å². The third kappa shape index (κ3) is 7.31. The number of alkyl carbamates (subject to hydrolysis) is 1. The summed E-state index contributed by atoms with van der Waals surface area (Å²) in [6.07, 6.45) is 2.59. The van der Waals surface area contributed by atoms with Crippen LogP contribution in [-0.4, -0.2) is 23.5 Å². The summed E-state index contributed by atoms with van der Waals surface area (Å²) < 4.78 is 5.24. The number of Topliss-reactive ketones (excluding diaryl/α,β-unsaturated/α-hetero) is 1. The zero-order valence-corrected chi connectivity index (χ0v) is 14.9. The molecule has 0 saturated heterocycles. The highest BCUT2D eigenvalue weighted by Crippen LogP contribution is 2.12. The second-order valence-electron chi connectivity index (χ2n) is 6.83. The first kappa shape index (κ1) is 19.2. The predicted molar refractivity (Wildman–Crippen MR) is 92.8 cm³/mol. The molecule has 0 aliphatic carbocycles. The SMILES string of the molecule is CCCc1ccc(C(=O)CC(CC)NC(=O)OC(C)(C)C)cc1. The Kier molecular flexibility index (Phi) is 7.27. The van der Waals surface area contributed by atoms with Crippen molar-refractivity contribution in [2.75, 3.05) is 0 Å².